The zero-order valence-electron chi connectivity index (χ0n) is 11.4. The Morgan fingerprint density at radius 1 is 1.17 bits per heavy atom. The summed E-state index contributed by atoms with van der Waals surface area (Å²) in [5.74, 6) is 0.540. The van der Waals surface area contributed by atoms with Crippen LogP contribution >= 0.6 is 0 Å². The van der Waals surface area contributed by atoms with Gasteiger partial charge in [0.25, 0.3) is 0 Å². The van der Waals surface area contributed by atoms with Gasteiger partial charge in [0.05, 0.1) is 12.2 Å². The molecular weight excluding hydrogens is 224 g/mol. The lowest BCUT2D eigenvalue weighted by Gasteiger charge is -2.25. The second-order valence-electron chi connectivity index (χ2n) is 5.56. The Bertz CT molecular complexity index is 350. The van der Waals surface area contributed by atoms with Crippen LogP contribution in [0.5, 0.6) is 0 Å². The SMILES string of the molecule is CC(C)c1ccc(C(O)CC2CCCCO2)cc1. The zero-order chi connectivity index (χ0) is 13.0. The van der Waals surface area contributed by atoms with Crippen molar-refractivity contribution in [3.63, 3.8) is 0 Å². The Hall–Kier alpha value is -0.860. The molecule has 2 atom stereocenters. The molecule has 1 aliphatic heterocycles. The van der Waals surface area contributed by atoms with Crippen molar-refractivity contribution in [2.45, 2.75) is 57.7 Å². The van der Waals surface area contributed by atoms with Crippen molar-refractivity contribution in [3.05, 3.63) is 35.4 Å². The summed E-state index contributed by atoms with van der Waals surface area (Å²) in [4.78, 5) is 0. The van der Waals surface area contributed by atoms with Gasteiger partial charge in [0.1, 0.15) is 0 Å². The third-order valence-electron chi connectivity index (χ3n) is 3.75. The van der Waals surface area contributed by atoms with Crippen LogP contribution < -0.4 is 0 Å². The van der Waals surface area contributed by atoms with E-state index in [9.17, 15) is 5.11 Å². The fraction of sp³-hybridized carbons (Fsp3) is 0.625. The minimum Gasteiger partial charge on any atom is -0.388 e. The first kappa shape index (κ1) is 13.6. The molecule has 0 spiro atoms. The summed E-state index contributed by atoms with van der Waals surface area (Å²) in [6.07, 6.45) is 4.04. The maximum Gasteiger partial charge on any atom is 0.0814 e. The highest BCUT2D eigenvalue weighted by Gasteiger charge is 2.19. The predicted molar refractivity (Wildman–Crippen MR) is 73.7 cm³/mol. The maximum absolute atomic E-state index is 10.2. The molecule has 0 amide bonds. The molecule has 0 aliphatic carbocycles. The lowest BCUT2D eigenvalue weighted by Crippen LogP contribution is -2.21. The fourth-order valence-corrected chi connectivity index (χ4v) is 2.48. The van der Waals surface area contributed by atoms with Gasteiger partial charge in [-0.2, -0.15) is 0 Å². The average molecular weight is 248 g/mol. The van der Waals surface area contributed by atoms with Crippen molar-refractivity contribution < 1.29 is 9.84 Å². The molecule has 0 radical (unpaired) electrons. The van der Waals surface area contributed by atoms with Gasteiger partial charge in [-0.1, -0.05) is 38.1 Å². The molecule has 2 unspecified atom stereocenters. The van der Waals surface area contributed by atoms with E-state index < -0.39 is 6.10 Å². The first-order valence-corrected chi connectivity index (χ1v) is 7.06. The Morgan fingerprint density at radius 2 is 1.83 bits per heavy atom. The molecule has 0 bridgehead atoms. The molecule has 2 nitrogen and oxygen atoms in total. The normalized spacial score (nSPS) is 22.1. The van der Waals surface area contributed by atoms with Crippen LogP contribution in [-0.4, -0.2) is 17.8 Å². The third-order valence-corrected chi connectivity index (χ3v) is 3.75. The number of benzene rings is 1. The molecule has 100 valence electrons. The second kappa shape index (κ2) is 6.35. The quantitative estimate of drug-likeness (QED) is 0.878. The third kappa shape index (κ3) is 3.56. The summed E-state index contributed by atoms with van der Waals surface area (Å²) in [5.41, 5.74) is 2.33. The van der Waals surface area contributed by atoms with Crippen LogP contribution in [0.2, 0.25) is 0 Å². The molecule has 0 saturated carbocycles. The summed E-state index contributed by atoms with van der Waals surface area (Å²) < 4.78 is 5.67. The van der Waals surface area contributed by atoms with E-state index in [1.54, 1.807) is 0 Å². The van der Waals surface area contributed by atoms with Crippen LogP contribution in [0.4, 0.5) is 0 Å². The first-order valence-electron chi connectivity index (χ1n) is 7.06. The largest absolute Gasteiger partial charge is 0.388 e. The zero-order valence-corrected chi connectivity index (χ0v) is 11.4. The van der Waals surface area contributed by atoms with Crippen molar-refractivity contribution in [2.75, 3.05) is 6.61 Å². The van der Waals surface area contributed by atoms with Crippen molar-refractivity contribution in [3.8, 4) is 0 Å². The molecule has 18 heavy (non-hydrogen) atoms. The van der Waals surface area contributed by atoms with Crippen LogP contribution in [0.1, 0.15) is 62.7 Å². The van der Waals surface area contributed by atoms with Crippen molar-refractivity contribution in [1.82, 2.24) is 0 Å². The van der Waals surface area contributed by atoms with Gasteiger partial charge in [-0.05, 0) is 36.3 Å². The molecule has 1 fully saturated rings. The molecule has 1 heterocycles. The Balaban J connectivity index is 1.93. The van der Waals surface area contributed by atoms with Crippen molar-refractivity contribution in [2.24, 2.45) is 0 Å². The van der Waals surface area contributed by atoms with Gasteiger partial charge in [-0.3, -0.25) is 0 Å². The van der Waals surface area contributed by atoms with E-state index in [0.29, 0.717) is 5.92 Å². The van der Waals surface area contributed by atoms with E-state index in [2.05, 4.69) is 26.0 Å². The van der Waals surface area contributed by atoms with Gasteiger partial charge < -0.3 is 9.84 Å². The molecule has 1 aromatic carbocycles. The molecule has 1 aliphatic rings. The Kier molecular flexibility index (Phi) is 4.79. The summed E-state index contributed by atoms with van der Waals surface area (Å²) in [6, 6.07) is 8.32. The van der Waals surface area contributed by atoms with E-state index in [0.717, 1.165) is 31.4 Å². The Labute approximate surface area is 110 Å². The summed E-state index contributed by atoms with van der Waals surface area (Å²) in [5, 5.41) is 10.2. The highest BCUT2D eigenvalue weighted by atomic mass is 16.5. The second-order valence-corrected chi connectivity index (χ2v) is 5.56. The number of aliphatic hydroxyl groups is 1. The van der Waals surface area contributed by atoms with Gasteiger partial charge in [-0.25, -0.2) is 0 Å². The summed E-state index contributed by atoms with van der Waals surface area (Å²) >= 11 is 0. The van der Waals surface area contributed by atoms with Gasteiger partial charge in [0, 0.05) is 13.0 Å². The van der Waals surface area contributed by atoms with Gasteiger partial charge >= 0.3 is 0 Å². The molecule has 1 N–H and O–H groups in total. The highest BCUT2D eigenvalue weighted by Crippen LogP contribution is 2.25. The van der Waals surface area contributed by atoms with Gasteiger partial charge in [0.15, 0.2) is 0 Å². The molecular formula is C16H24O2. The van der Waals surface area contributed by atoms with Crippen molar-refractivity contribution >= 4 is 0 Å². The summed E-state index contributed by atoms with van der Waals surface area (Å²) in [7, 11) is 0. The fourth-order valence-electron chi connectivity index (χ4n) is 2.48. The van der Waals surface area contributed by atoms with Crippen LogP contribution in [0.3, 0.4) is 0 Å². The molecule has 2 heteroatoms. The van der Waals surface area contributed by atoms with Gasteiger partial charge in [-0.15, -0.1) is 0 Å². The molecule has 1 saturated heterocycles. The average Bonchev–Trinajstić information content (AvgIpc) is 2.40. The van der Waals surface area contributed by atoms with Crippen molar-refractivity contribution in [1.29, 1.82) is 0 Å². The van der Waals surface area contributed by atoms with Crippen LogP contribution in [0, 0.1) is 0 Å². The topological polar surface area (TPSA) is 29.5 Å². The number of rotatable bonds is 4. The van der Waals surface area contributed by atoms with E-state index >= 15 is 0 Å². The van der Waals surface area contributed by atoms with E-state index in [4.69, 9.17) is 4.74 Å². The molecule has 0 aromatic heterocycles. The number of ether oxygens (including phenoxy) is 1. The van der Waals surface area contributed by atoms with Crippen LogP contribution in [0.15, 0.2) is 24.3 Å². The number of hydrogen-bond donors (Lipinski definition) is 1. The summed E-state index contributed by atoms with van der Waals surface area (Å²) in [6.45, 7) is 5.21. The first-order chi connectivity index (χ1) is 8.66. The monoisotopic (exact) mass is 248 g/mol. The van der Waals surface area contributed by atoms with E-state index in [-0.39, 0.29) is 6.10 Å². The van der Waals surface area contributed by atoms with E-state index in [1.165, 1.54) is 12.0 Å². The molecule has 1 aromatic rings. The minimum absolute atomic E-state index is 0.235. The standard InChI is InChI=1S/C16H24O2/c1-12(2)13-6-8-14(9-7-13)16(17)11-15-5-3-4-10-18-15/h6-9,12,15-17H,3-5,10-11H2,1-2H3. The lowest BCUT2D eigenvalue weighted by molar-refractivity contribution is -0.0155. The van der Waals surface area contributed by atoms with Gasteiger partial charge in [0.2, 0.25) is 0 Å². The molecule has 2 rings (SSSR count). The van der Waals surface area contributed by atoms with E-state index in [1.807, 2.05) is 12.1 Å². The number of hydrogen-bond acceptors (Lipinski definition) is 2. The number of aliphatic hydroxyl groups excluding tert-OH is 1. The van der Waals surface area contributed by atoms with Crippen LogP contribution in [0.25, 0.3) is 0 Å². The lowest BCUT2D eigenvalue weighted by atomic mass is 9.96. The maximum atomic E-state index is 10.2. The minimum atomic E-state index is -0.394. The predicted octanol–water partition coefficient (Wildman–Crippen LogP) is 3.80. The Morgan fingerprint density at radius 3 is 2.39 bits per heavy atom. The van der Waals surface area contributed by atoms with Crippen LogP contribution in [-0.2, 0) is 4.74 Å². The highest BCUT2D eigenvalue weighted by molar-refractivity contribution is 5.26. The smallest absolute Gasteiger partial charge is 0.0814 e.